The van der Waals surface area contributed by atoms with Crippen LogP contribution in [0.3, 0.4) is 0 Å². The quantitative estimate of drug-likeness (QED) is 0.530. The Balaban J connectivity index is 2.35. The van der Waals surface area contributed by atoms with Crippen LogP contribution < -0.4 is 16.9 Å². The second kappa shape index (κ2) is 5.07. The molecule has 117 valence electrons. The summed E-state index contributed by atoms with van der Waals surface area (Å²) in [5.41, 5.74) is 7.02. The van der Waals surface area contributed by atoms with Crippen molar-refractivity contribution >= 4 is 26.8 Å². The zero-order valence-electron chi connectivity index (χ0n) is 11.5. The molecule has 1 radical (unpaired) electrons. The fraction of sp³-hybridized carbons (Fsp3) is 0. The van der Waals surface area contributed by atoms with E-state index in [1.807, 2.05) is 0 Å². The largest absolute Gasteiger partial charge is 0.321 e. The van der Waals surface area contributed by atoms with Crippen molar-refractivity contribution < 1.29 is 13.0 Å². The van der Waals surface area contributed by atoms with Crippen LogP contribution in [-0.4, -0.2) is 22.5 Å². The number of aromatic amines is 1. The first-order valence-electron chi connectivity index (χ1n) is 6.36. The second-order valence-electron chi connectivity index (χ2n) is 4.80. The molecule has 8 nitrogen and oxygen atoms in total. The average Bonchev–Trinajstić information content (AvgIpc) is 2.48. The van der Waals surface area contributed by atoms with Crippen LogP contribution in [0.25, 0.3) is 16.7 Å². The molecule has 3 aromatic rings. The minimum absolute atomic E-state index is 0.146. The van der Waals surface area contributed by atoms with Crippen molar-refractivity contribution in [2.24, 2.45) is 0 Å². The molecule has 23 heavy (non-hydrogen) atoms. The van der Waals surface area contributed by atoms with Crippen LogP contribution in [0, 0.1) is 0 Å². The van der Waals surface area contributed by atoms with E-state index in [1.54, 1.807) is 0 Å². The molecule has 0 unspecified atom stereocenters. The van der Waals surface area contributed by atoms with Crippen LogP contribution in [0.2, 0.25) is 0 Å². The van der Waals surface area contributed by atoms with Crippen molar-refractivity contribution in [2.75, 3.05) is 0 Å². The lowest BCUT2D eigenvalue weighted by molar-refractivity contribution is 0.483. The fourth-order valence-corrected chi connectivity index (χ4v) is 2.71. The number of hydrogen-bond acceptors (Lipinski definition) is 4. The number of benzene rings is 2. The maximum Gasteiger partial charge on any atom is 0.321 e. The molecule has 0 saturated heterocycles. The van der Waals surface area contributed by atoms with Crippen molar-refractivity contribution in [2.45, 2.75) is 4.90 Å². The summed E-state index contributed by atoms with van der Waals surface area (Å²) in [6.07, 6.45) is 0. The first-order valence-corrected chi connectivity index (χ1v) is 7.80. The van der Waals surface area contributed by atoms with Gasteiger partial charge in [0.05, 0.1) is 21.6 Å². The number of nitrogens with zero attached hydrogens (tertiary/aromatic N) is 1. The smallest absolute Gasteiger partial charge is 0.316 e. The maximum atomic E-state index is 12.2. The van der Waals surface area contributed by atoms with Crippen molar-refractivity contribution in [3.63, 3.8) is 0 Å². The minimum atomic E-state index is -4.35. The zero-order valence-corrected chi connectivity index (χ0v) is 12.3. The topological polar surface area (TPSA) is 133 Å². The Kier molecular flexibility index (Phi) is 3.31. The summed E-state index contributed by atoms with van der Waals surface area (Å²) in [5.74, 6) is 0. The highest BCUT2D eigenvalue weighted by Gasteiger charge is 2.13. The molecular weight excluding hydrogens is 322 g/mol. The van der Waals surface area contributed by atoms with Gasteiger partial charge in [-0.25, -0.2) is 0 Å². The molecule has 9 heteroatoms. The standard InChI is InChI=1S/C14H10N3O5S/c15-8-1-6-11-12(7-8)17(14(19)13(18)16-11)9-2-4-10(5-3-9)23(20,21)22/h1-7,15H,(H,16,18)(H,20,21,22). The van der Waals surface area contributed by atoms with Gasteiger partial charge in [-0.3, -0.25) is 18.7 Å². The lowest BCUT2D eigenvalue weighted by Gasteiger charge is -2.10. The third-order valence-electron chi connectivity index (χ3n) is 3.28. The highest BCUT2D eigenvalue weighted by Crippen LogP contribution is 2.19. The van der Waals surface area contributed by atoms with E-state index in [0.717, 1.165) is 16.7 Å². The van der Waals surface area contributed by atoms with Gasteiger partial charge in [0.15, 0.2) is 0 Å². The Morgan fingerprint density at radius 2 is 1.70 bits per heavy atom. The zero-order chi connectivity index (χ0) is 16.8. The van der Waals surface area contributed by atoms with Gasteiger partial charge in [0.1, 0.15) is 0 Å². The van der Waals surface area contributed by atoms with E-state index in [-0.39, 0.29) is 16.3 Å². The lowest BCUT2D eigenvalue weighted by Crippen LogP contribution is -2.35. The summed E-state index contributed by atoms with van der Waals surface area (Å²) >= 11 is 0. The summed E-state index contributed by atoms with van der Waals surface area (Å²) in [6.45, 7) is 0. The van der Waals surface area contributed by atoms with Crippen molar-refractivity contribution in [1.29, 1.82) is 0 Å². The van der Waals surface area contributed by atoms with Crippen LogP contribution in [0.4, 0.5) is 5.69 Å². The van der Waals surface area contributed by atoms with Crippen LogP contribution >= 0.6 is 0 Å². The molecule has 0 atom stereocenters. The van der Waals surface area contributed by atoms with Crippen LogP contribution in [0.1, 0.15) is 0 Å². The third kappa shape index (κ3) is 2.62. The molecule has 0 bridgehead atoms. The Bertz CT molecular complexity index is 1130. The summed E-state index contributed by atoms with van der Waals surface area (Å²) in [5, 5.41) is 0. The van der Waals surface area contributed by atoms with E-state index in [4.69, 9.17) is 10.3 Å². The van der Waals surface area contributed by atoms with Gasteiger partial charge in [0, 0.05) is 5.69 Å². The summed E-state index contributed by atoms with van der Waals surface area (Å²) < 4.78 is 32.2. The van der Waals surface area contributed by atoms with Gasteiger partial charge in [-0.05, 0) is 42.5 Å². The molecular formula is C14H10N3O5S. The van der Waals surface area contributed by atoms with Crippen LogP contribution in [-0.2, 0) is 10.1 Å². The first-order chi connectivity index (χ1) is 10.8. The first kappa shape index (κ1) is 15.0. The van der Waals surface area contributed by atoms with Crippen molar-refractivity contribution in [3.8, 4) is 5.69 Å². The molecule has 1 heterocycles. The Labute approximate surface area is 129 Å². The van der Waals surface area contributed by atoms with Gasteiger partial charge in [0.25, 0.3) is 10.1 Å². The van der Waals surface area contributed by atoms with Gasteiger partial charge in [-0.15, -0.1) is 0 Å². The van der Waals surface area contributed by atoms with E-state index in [0.29, 0.717) is 11.0 Å². The molecule has 1 aromatic heterocycles. The third-order valence-corrected chi connectivity index (χ3v) is 4.14. The molecule has 0 fully saturated rings. The van der Waals surface area contributed by atoms with E-state index in [1.165, 1.54) is 30.3 Å². The normalized spacial score (nSPS) is 11.7. The molecule has 0 amide bonds. The minimum Gasteiger partial charge on any atom is -0.316 e. The van der Waals surface area contributed by atoms with Gasteiger partial charge in [-0.2, -0.15) is 8.42 Å². The number of fused-ring (bicyclic) bond motifs is 1. The second-order valence-corrected chi connectivity index (χ2v) is 6.22. The number of nitrogens with one attached hydrogen (secondary N) is 2. The summed E-state index contributed by atoms with van der Waals surface area (Å²) in [6, 6.07) is 9.20. The molecule has 3 rings (SSSR count). The highest BCUT2D eigenvalue weighted by atomic mass is 32.2. The van der Waals surface area contributed by atoms with E-state index in [9.17, 15) is 18.0 Å². The molecule has 0 aliphatic rings. The molecule has 2 aromatic carbocycles. The van der Waals surface area contributed by atoms with Gasteiger partial charge in [-0.1, -0.05) is 0 Å². The number of hydrogen-bond donors (Lipinski definition) is 2. The van der Waals surface area contributed by atoms with Crippen molar-refractivity contribution in [3.05, 3.63) is 63.2 Å². The predicted octanol–water partition coefficient (Wildman–Crippen LogP) is 0.840. The highest BCUT2D eigenvalue weighted by molar-refractivity contribution is 7.85. The molecule has 0 aliphatic heterocycles. The fourth-order valence-electron chi connectivity index (χ4n) is 2.23. The van der Waals surface area contributed by atoms with Gasteiger partial charge in [0.2, 0.25) is 0 Å². The summed E-state index contributed by atoms with van der Waals surface area (Å²) in [7, 11) is -4.35. The van der Waals surface area contributed by atoms with Crippen LogP contribution in [0.15, 0.2) is 56.9 Å². The summed E-state index contributed by atoms with van der Waals surface area (Å²) in [4.78, 5) is 26.0. The number of H-pyrrole nitrogens is 1. The predicted molar refractivity (Wildman–Crippen MR) is 82.7 cm³/mol. The van der Waals surface area contributed by atoms with Gasteiger partial charge >= 0.3 is 11.1 Å². The van der Waals surface area contributed by atoms with E-state index in [2.05, 4.69) is 4.98 Å². The monoisotopic (exact) mass is 332 g/mol. The molecule has 0 saturated carbocycles. The number of aromatic nitrogens is 2. The van der Waals surface area contributed by atoms with Gasteiger partial charge < -0.3 is 10.7 Å². The molecule has 3 N–H and O–H groups in total. The lowest BCUT2D eigenvalue weighted by atomic mass is 10.2. The van der Waals surface area contributed by atoms with E-state index < -0.39 is 21.2 Å². The Morgan fingerprint density at radius 1 is 1.04 bits per heavy atom. The van der Waals surface area contributed by atoms with Crippen LogP contribution in [0.5, 0.6) is 0 Å². The molecule has 0 spiro atoms. The number of rotatable bonds is 2. The maximum absolute atomic E-state index is 12.2. The molecule has 0 aliphatic carbocycles. The average molecular weight is 332 g/mol. The Morgan fingerprint density at radius 3 is 2.30 bits per heavy atom. The SMILES string of the molecule is [NH]c1ccc2[nH]c(=O)c(=O)n(-c3ccc(S(=O)(=O)O)cc3)c2c1. The Hall–Kier alpha value is -2.91. The van der Waals surface area contributed by atoms with E-state index >= 15 is 0 Å². The van der Waals surface area contributed by atoms with Crippen molar-refractivity contribution in [1.82, 2.24) is 15.3 Å².